The average Bonchev–Trinajstić information content (AvgIpc) is 3.25. The molecule has 156 valence electrons. The van der Waals surface area contributed by atoms with Gasteiger partial charge < -0.3 is 14.8 Å². The van der Waals surface area contributed by atoms with Crippen molar-refractivity contribution >= 4 is 21.6 Å². The highest BCUT2D eigenvalue weighted by atomic mass is 32.2. The van der Waals surface area contributed by atoms with Gasteiger partial charge in [0.25, 0.3) is 5.91 Å². The molecule has 29 heavy (non-hydrogen) atoms. The zero-order valence-corrected chi connectivity index (χ0v) is 17.0. The zero-order chi connectivity index (χ0) is 21.0. The van der Waals surface area contributed by atoms with E-state index in [4.69, 9.17) is 9.47 Å². The molecule has 0 unspecified atom stereocenters. The lowest BCUT2D eigenvalue weighted by Gasteiger charge is -2.19. The van der Waals surface area contributed by atoms with Crippen molar-refractivity contribution in [2.45, 2.75) is 30.8 Å². The largest absolute Gasteiger partial charge is 0.495 e. The van der Waals surface area contributed by atoms with Gasteiger partial charge in [0.05, 0.1) is 17.7 Å². The molecule has 1 fully saturated rings. The Bertz CT molecular complexity index is 973. The van der Waals surface area contributed by atoms with Gasteiger partial charge in [0, 0.05) is 13.1 Å². The summed E-state index contributed by atoms with van der Waals surface area (Å²) in [5.41, 5.74) is 0.229. The van der Waals surface area contributed by atoms with Crippen LogP contribution in [0.25, 0.3) is 0 Å². The van der Waals surface area contributed by atoms with E-state index in [0.29, 0.717) is 24.6 Å². The first kappa shape index (κ1) is 21.1. The summed E-state index contributed by atoms with van der Waals surface area (Å²) in [5, 5.41) is 2.65. The van der Waals surface area contributed by atoms with Crippen molar-refractivity contribution in [2.24, 2.45) is 0 Å². The summed E-state index contributed by atoms with van der Waals surface area (Å²) in [5.74, 6) is -0.238. The van der Waals surface area contributed by atoms with Crippen molar-refractivity contribution in [2.75, 3.05) is 25.5 Å². The van der Waals surface area contributed by atoms with Gasteiger partial charge in [0.2, 0.25) is 10.0 Å². The molecule has 0 bridgehead atoms. The van der Waals surface area contributed by atoms with Gasteiger partial charge in [-0.15, -0.1) is 0 Å². The normalized spacial score (nSPS) is 15.7. The fourth-order valence-corrected chi connectivity index (χ4v) is 4.57. The van der Waals surface area contributed by atoms with Crippen LogP contribution < -0.4 is 14.8 Å². The number of hydrogen-bond acceptors (Lipinski definition) is 5. The highest BCUT2D eigenvalue weighted by Gasteiger charge is 2.28. The predicted molar refractivity (Wildman–Crippen MR) is 106 cm³/mol. The maximum atomic E-state index is 13.0. The Balaban J connectivity index is 1.78. The molecule has 9 heteroatoms. The van der Waals surface area contributed by atoms with Crippen molar-refractivity contribution in [1.29, 1.82) is 0 Å². The number of nitrogens with one attached hydrogen (secondary N) is 1. The van der Waals surface area contributed by atoms with Crippen LogP contribution in [-0.2, 0) is 14.8 Å². The molecule has 0 aliphatic carbocycles. The molecule has 2 aromatic rings. The summed E-state index contributed by atoms with van der Waals surface area (Å²) in [7, 11) is -2.21. The van der Waals surface area contributed by atoms with Crippen molar-refractivity contribution < 1.29 is 27.1 Å². The van der Waals surface area contributed by atoms with Crippen molar-refractivity contribution in [3.8, 4) is 11.5 Å². The van der Waals surface area contributed by atoms with Crippen LogP contribution in [-0.4, -0.2) is 44.9 Å². The standard InChI is InChI=1S/C20H23FN2O5S/c1-14(28-16-7-5-15(21)6-8-16)20(24)22-18-13-17(9-10-19(18)27-2)29(25,26)23-11-3-4-12-23/h5-10,13-14H,3-4,11-12H2,1-2H3,(H,22,24)/t14-/m0/s1. The second-order valence-electron chi connectivity index (χ2n) is 6.68. The first-order chi connectivity index (χ1) is 13.8. The number of carbonyl (C=O) groups excluding carboxylic acids is 1. The average molecular weight is 422 g/mol. The highest BCUT2D eigenvalue weighted by Crippen LogP contribution is 2.30. The van der Waals surface area contributed by atoms with Gasteiger partial charge >= 0.3 is 0 Å². The van der Waals surface area contributed by atoms with Crippen LogP contribution in [0.3, 0.4) is 0 Å². The molecule has 3 rings (SSSR count). The van der Waals surface area contributed by atoms with E-state index in [0.717, 1.165) is 12.8 Å². The van der Waals surface area contributed by atoms with Gasteiger partial charge in [0.1, 0.15) is 17.3 Å². The van der Waals surface area contributed by atoms with Crippen LogP contribution in [0, 0.1) is 5.82 Å². The van der Waals surface area contributed by atoms with E-state index in [1.165, 1.54) is 60.8 Å². The van der Waals surface area contributed by atoms with Gasteiger partial charge in [-0.05, 0) is 62.2 Å². The number of benzene rings is 2. The number of halogens is 1. The molecule has 7 nitrogen and oxygen atoms in total. The smallest absolute Gasteiger partial charge is 0.265 e. The lowest BCUT2D eigenvalue weighted by Crippen LogP contribution is -2.31. The Labute approximate surface area is 169 Å². The van der Waals surface area contributed by atoms with Crippen molar-refractivity contribution in [1.82, 2.24) is 4.31 Å². The number of methoxy groups -OCH3 is 1. The Hall–Kier alpha value is -2.65. The second kappa shape index (κ2) is 8.79. The van der Waals surface area contributed by atoms with Gasteiger partial charge in [-0.25, -0.2) is 12.8 Å². The van der Waals surface area contributed by atoms with Gasteiger partial charge in [-0.1, -0.05) is 0 Å². The fourth-order valence-electron chi connectivity index (χ4n) is 3.03. The molecule has 1 saturated heterocycles. The molecule has 1 N–H and O–H groups in total. The monoisotopic (exact) mass is 422 g/mol. The molecule has 1 aliphatic heterocycles. The lowest BCUT2D eigenvalue weighted by atomic mass is 10.2. The molecule has 0 radical (unpaired) electrons. The van der Waals surface area contributed by atoms with E-state index in [2.05, 4.69) is 5.32 Å². The summed E-state index contributed by atoms with van der Waals surface area (Å²) in [6, 6.07) is 9.65. The van der Waals surface area contributed by atoms with Crippen molar-refractivity contribution in [3.63, 3.8) is 0 Å². The van der Waals surface area contributed by atoms with Crippen molar-refractivity contribution in [3.05, 3.63) is 48.3 Å². The quantitative estimate of drug-likeness (QED) is 0.741. The molecular weight excluding hydrogens is 399 g/mol. The Morgan fingerprint density at radius 2 is 1.79 bits per heavy atom. The third kappa shape index (κ3) is 4.86. The molecule has 1 amide bonds. The van der Waals surface area contributed by atoms with E-state index in [1.54, 1.807) is 0 Å². The molecule has 1 heterocycles. The maximum absolute atomic E-state index is 13.0. The molecular formula is C20H23FN2O5S. The Morgan fingerprint density at radius 3 is 2.41 bits per heavy atom. The predicted octanol–water partition coefficient (Wildman–Crippen LogP) is 3.02. The number of nitrogens with zero attached hydrogens (tertiary/aromatic N) is 1. The number of carbonyl (C=O) groups is 1. The van der Waals surface area contributed by atoms with E-state index in [1.807, 2.05) is 0 Å². The molecule has 2 aromatic carbocycles. The van der Waals surface area contributed by atoms with Gasteiger partial charge in [0.15, 0.2) is 6.10 Å². The highest BCUT2D eigenvalue weighted by molar-refractivity contribution is 7.89. The molecule has 0 aromatic heterocycles. The lowest BCUT2D eigenvalue weighted by molar-refractivity contribution is -0.122. The van der Waals surface area contributed by atoms with E-state index in [-0.39, 0.29) is 10.6 Å². The van der Waals surface area contributed by atoms with E-state index < -0.39 is 27.9 Å². The van der Waals surface area contributed by atoms with Crippen LogP contribution >= 0.6 is 0 Å². The van der Waals surface area contributed by atoms with E-state index in [9.17, 15) is 17.6 Å². The summed E-state index contributed by atoms with van der Waals surface area (Å²) in [6.45, 7) is 2.51. The topological polar surface area (TPSA) is 84.9 Å². The Morgan fingerprint density at radius 1 is 1.14 bits per heavy atom. The van der Waals surface area contributed by atoms with Crippen LogP contribution in [0.4, 0.5) is 10.1 Å². The number of sulfonamides is 1. The van der Waals surface area contributed by atoms with Gasteiger partial charge in [-0.2, -0.15) is 4.31 Å². The van der Waals surface area contributed by atoms with Gasteiger partial charge in [-0.3, -0.25) is 4.79 Å². The number of hydrogen-bond donors (Lipinski definition) is 1. The first-order valence-corrected chi connectivity index (χ1v) is 10.7. The summed E-state index contributed by atoms with van der Waals surface area (Å²) in [6.07, 6.45) is 0.762. The SMILES string of the molecule is COc1ccc(S(=O)(=O)N2CCCC2)cc1NC(=O)[C@H](C)Oc1ccc(F)cc1. The summed E-state index contributed by atoms with van der Waals surface area (Å²) in [4.78, 5) is 12.6. The second-order valence-corrected chi connectivity index (χ2v) is 8.61. The third-order valence-electron chi connectivity index (χ3n) is 4.63. The molecule has 1 atom stereocenters. The minimum absolute atomic E-state index is 0.0857. The number of ether oxygens (including phenoxy) is 2. The van der Waals surface area contributed by atoms with E-state index >= 15 is 0 Å². The number of amides is 1. The van der Waals surface area contributed by atoms with Crippen LogP contribution in [0.2, 0.25) is 0 Å². The minimum Gasteiger partial charge on any atom is -0.495 e. The fraction of sp³-hybridized carbons (Fsp3) is 0.350. The summed E-state index contributed by atoms with van der Waals surface area (Å²) >= 11 is 0. The number of rotatable bonds is 7. The first-order valence-electron chi connectivity index (χ1n) is 9.22. The summed E-state index contributed by atoms with van der Waals surface area (Å²) < 4.78 is 50.8. The minimum atomic E-state index is -3.64. The number of anilines is 1. The van der Waals surface area contributed by atoms with Crippen LogP contribution in [0.1, 0.15) is 19.8 Å². The molecule has 0 spiro atoms. The van der Waals surface area contributed by atoms with Crippen LogP contribution in [0.5, 0.6) is 11.5 Å². The third-order valence-corrected chi connectivity index (χ3v) is 6.52. The molecule has 1 aliphatic rings. The van der Waals surface area contributed by atoms with Crippen LogP contribution in [0.15, 0.2) is 47.4 Å². The molecule has 0 saturated carbocycles. The maximum Gasteiger partial charge on any atom is 0.265 e. The Kier molecular flexibility index (Phi) is 6.39. The zero-order valence-electron chi connectivity index (χ0n) is 16.2.